The summed E-state index contributed by atoms with van der Waals surface area (Å²) in [6.45, 7) is 3.00. The van der Waals surface area contributed by atoms with Gasteiger partial charge in [-0.3, -0.25) is 4.79 Å². The molecule has 1 N–H and O–H groups in total. The number of hydrogen-bond donors (Lipinski definition) is 1. The molecule has 4 rings (SSSR count). The Morgan fingerprint density at radius 2 is 1.91 bits per heavy atom. The Labute approximate surface area is 199 Å². The van der Waals surface area contributed by atoms with Crippen LogP contribution in [0.5, 0.6) is 11.5 Å². The van der Waals surface area contributed by atoms with E-state index in [1.165, 1.54) is 0 Å². The summed E-state index contributed by atoms with van der Waals surface area (Å²) in [5.41, 5.74) is 5.06. The molecule has 1 amide bonds. The molecular formula is C25H21IN2O4. The third kappa shape index (κ3) is 5.47. The van der Waals surface area contributed by atoms with Crippen LogP contribution in [0.2, 0.25) is 0 Å². The van der Waals surface area contributed by atoms with E-state index in [9.17, 15) is 4.79 Å². The van der Waals surface area contributed by atoms with Crippen LogP contribution in [0.15, 0.2) is 82.3 Å². The van der Waals surface area contributed by atoms with Gasteiger partial charge in [0.05, 0.1) is 16.4 Å². The standard InChI is InChI=1S/C25H21IN2O4/c1-2-30-20-9-11-22-19(13-20)14-24(32-22)25(29)28-27-15-18-8-10-23(21(26)12-18)31-16-17-6-4-3-5-7-17/h3-15H,2,16H2,1H3,(H,28,29)/b27-15+. The molecule has 0 spiro atoms. The molecule has 0 atom stereocenters. The second-order valence-corrected chi connectivity index (χ2v) is 8.07. The SMILES string of the molecule is CCOc1ccc2oc(C(=O)N/N=C/c3ccc(OCc4ccccc4)c(I)c3)cc2c1. The molecule has 7 heteroatoms. The number of rotatable bonds is 8. The van der Waals surface area contributed by atoms with Crippen molar-refractivity contribution in [3.05, 3.63) is 93.3 Å². The Hall–Kier alpha value is -3.33. The van der Waals surface area contributed by atoms with Gasteiger partial charge < -0.3 is 13.9 Å². The molecule has 32 heavy (non-hydrogen) atoms. The number of amides is 1. The maximum atomic E-state index is 12.4. The fourth-order valence-electron chi connectivity index (χ4n) is 3.06. The number of nitrogens with zero attached hydrogens (tertiary/aromatic N) is 1. The van der Waals surface area contributed by atoms with Crippen LogP contribution >= 0.6 is 22.6 Å². The van der Waals surface area contributed by atoms with Crippen LogP contribution in [0.1, 0.15) is 28.6 Å². The molecule has 0 aliphatic rings. The van der Waals surface area contributed by atoms with E-state index in [1.54, 1.807) is 18.3 Å². The van der Waals surface area contributed by atoms with Crippen molar-refractivity contribution in [3.63, 3.8) is 0 Å². The second kappa shape index (κ2) is 10.3. The third-order valence-corrected chi connectivity index (χ3v) is 5.44. The van der Waals surface area contributed by atoms with Gasteiger partial charge in [-0.1, -0.05) is 30.3 Å². The first-order valence-electron chi connectivity index (χ1n) is 10.1. The number of fused-ring (bicyclic) bond motifs is 1. The zero-order valence-corrected chi connectivity index (χ0v) is 19.5. The van der Waals surface area contributed by atoms with Gasteiger partial charge in [-0.25, -0.2) is 5.43 Å². The van der Waals surface area contributed by atoms with E-state index in [2.05, 4.69) is 33.1 Å². The van der Waals surface area contributed by atoms with Crippen LogP contribution < -0.4 is 14.9 Å². The summed E-state index contributed by atoms with van der Waals surface area (Å²) in [5, 5.41) is 4.84. The fraction of sp³-hybridized carbons (Fsp3) is 0.120. The lowest BCUT2D eigenvalue weighted by molar-refractivity contribution is 0.0929. The predicted octanol–water partition coefficient (Wildman–Crippen LogP) is 5.78. The van der Waals surface area contributed by atoms with Gasteiger partial charge >= 0.3 is 5.91 Å². The third-order valence-electron chi connectivity index (χ3n) is 4.60. The Kier molecular flexibility index (Phi) is 7.06. The zero-order chi connectivity index (χ0) is 22.3. The number of carbonyl (C=O) groups excluding carboxylic acids is 1. The molecule has 0 saturated carbocycles. The van der Waals surface area contributed by atoms with Gasteiger partial charge in [0, 0.05) is 5.39 Å². The van der Waals surface area contributed by atoms with Crippen molar-refractivity contribution in [2.75, 3.05) is 6.61 Å². The normalized spacial score (nSPS) is 11.1. The highest BCUT2D eigenvalue weighted by atomic mass is 127. The summed E-state index contributed by atoms with van der Waals surface area (Å²) < 4.78 is 17.9. The lowest BCUT2D eigenvalue weighted by atomic mass is 10.2. The minimum atomic E-state index is -0.423. The second-order valence-electron chi connectivity index (χ2n) is 6.91. The molecule has 162 valence electrons. The highest BCUT2D eigenvalue weighted by molar-refractivity contribution is 14.1. The van der Waals surface area contributed by atoms with Crippen LogP contribution in [-0.2, 0) is 6.61 Å². The van der Waals surface area contributed by atoms with E-state index >= 15 is 0 Å². The zero-order valence-electron chi connectivity index (χ0n) is 17.4. The topological polar surface area (TPSA) is 73.1 Å². The molecule has 1 aromatic heterocycles. The van der Waals surface area contributed by atoms with E-state index < -0.39 is 5.91 Å². The van der Waals surface area contributed by atoms with Crippen molar-refractivity contribution in [1.82, 2.24) is 5.43 Å². The van der Waals surface area contributed by atoms with E-state index in [-0.39, 0.29) is 5.76 Å². The number of carbonyl (C=O) groups is 1. The van der Waals surface area contributed by atoms with Crippen LogP contribution in [-0.4, -0.2) is 18.7 Å². The molecule has 6 nitrogen and oxygen atoms in total. The first kappa shape index (κ1) is 21.9. The van der Waals surface area contributed by atoms with E-state index in [1.807, 2.05) is 67.6 Å². The van der Waals surface area contributed by atoms with Crippen molar-refractivity contribution in [2.45, 2.75) is 13.5 Å². The molecule has 0 aliphatic heterocycles. The Bertz CT molecular complexity index is 1250. The fourth-order valence-corrected chi connectivity index (χ4v) is 3.76. The van der Waals surface area contributed by atoms with Gasteiger partial charge in [-0.15, -0.1) is 0 Å². The molecule has 1 heterocycles. The van der Waals surface area contributed by atoms with Crippen molar-refractivity contribution >= 4 is 45.7 Å². The summed E-state index contributed by atoms with van der Waals surface area (Å²) >= 11 is 2.22. The molecular weight excluding hydrogens is 519 g/mol. The number of halogens is 1. The molecule has 0 radical (unpaired) electrons. The highest BCUT2D eigenvalue weighted by Gasteiger charge is 2.12. The van der Waals surface area contributed by atoms with E-state index in [0.717, 1.165) is 31.6 Å². The highest BCUT2D eigenvalue weighted by Crippen LogP contribution is 2.25. The number of nitrogens with one attached hydrogen (secondary N) is 1. The molecule has 0 fully saturated rings. The number of hydrazone groups is 1. The van der Waals surface area contributed by atoms with Crippen LogP contribution in [0.25, 0.3) is 11.0 Å². The maximum absolute atomic E-state index is 12.4. The van der Waals surface area contributed by atoms with Crippen molar-refractivity contribution < 1.29 is 18.7 Å². The molecule has 0 unspecified atom stereocenters. The van der Waals surface area contributed by atoms with Crippen LogP contribution in [0, 0.1) is 3.57 Å². The summed E-state index contributed by atoms with van der Waals surface area (Å²) in [6.07, 6.45) is 1.58. The van der Waals surface area contributed by atoms with E-state index in [4.69, 9.17) is 13.9 Å². The Morgan fingerprint density at radius 3 is 2.69 bits per heavy atom. The quantitative estimate of drug-likeness (QED) is 0.175. The summed E-state index contributed by atoms with van der Waals surface area (Å²) in [7, 11) is 0. The number of ether oxygens (including phenoxy) is 2. The van der Waals surface area contributed by atoms with Crippen molar-refractivity contribution in [1.29, 1.82) is 0 Å². The van der Waals surface area contributed by atoms with Gasteiger partial charge in [0.15, 0.2) is 5.76 Å². The monoisotopic (exact) mass is 540 g/mol. The van der Waals surface area contributed by atoms with Crippen LogP contribution in [0.3, 0.4) is 0 Å². The number of benzene rings is 3. The molecule has 0 bridgehead atoms. The summed E-state index contributed by atoms with van der Waals surface area (Å²) in [5.74, 6) is 1.29. The Balaban J connectivity index is 1.36. The van der Waals surface area contributed by atoms with Crippen LogP contribution in [0.4, 0.5) is 0 Å². The maximum Gasteiger partial charge on any atom is 0.307 e. The smallest absolute Gasteiger partial charge is 0.307 e. The lowest BCUT2D eigenvalue weighted by Gasteiger charge is -2.08. The minimum absolute atomic E-state index is 0.185. The number of furan rings is 1. The predicted molar refractivity (Wildman–Crippen MR) is 132 cm³/mol. The van der Waals surface area contributed by atoms with E-state index in [0.29, 0.717) is 18.8 Å². The van der Waals surface area contributed by atoms with Gasteiger partial charge in [0.1, 0.15) is 23.7 Å². The average Bonchev–Trinajstić information content (AvgIpc) is 3.23. The molecule has 0 saturated heterocycles. The van der Waals surface area contributed by atoms with Gasteiger partial charge in [0.25, 0.3) is 0 Å². The van der Waals surface area contributed by atoms with Gasteiger partial charge in [-0.05, 0) is 83.1 Å². The molecule has 0 aliphatic carbocycles. The first-order valence-corrected chi connectivity index (χ1v) is 11.2. The molecule has 3 aromatic carbocycles. The largest absolute Gasteiger partial charge is 0.494 e. The first-order chi connectivity index (χ1) is 15.6. The van der Waals surface area contributed by atoms with Gasteiger partial charge in [0.2, 0.25) is 0 Å². The summed E-state index contributed by atoms with van der Waals surface area (Å²) in [6, 6.07) is 22.8. The number of hydrogen-bond acceptors (Lipinski definition) is 5. The lowest BCUT2D eigenvalue weighted by Crippen LogP contribution is -2.16. The van der Waals surface area contributed by atoms with Crippen molar-refractivity contribution in [2.24, 2.45) is 5.10 Å². The summed E-state index contributed by atoms with van der Waals surface area (Å²) in [4.78, 5) is 12.4. The average molecular weight is 540 g/mol. The Morgan fingerprint density at radius 1 is 1.06 bits per heavy atom. The molecule has 4 aromatic rings. The van der Waals surface area contributed by atoms with Crippen molar-refractivity contribution in [3.8, 4) is 11.5 Å². The van der Waals surface area contributed by atoms with Gasteiger partial charge in [-0.2, -0.15) is 5.10 Å². The minimum Gasteiger partial charge on any atom is -0.494 e.